The average Bonchev–Trinajstić information content (AvgIpc) is 2.89. The van der Waals surface area contributed by atoms with Gasteiger partial charge in [0.25, 0.3) is 11.8 Å². The number of nitrogens with zero attached hydrogens (tertiary/aromatic N) is 1. The van der Waals surface area contributed by atoms with E-state index >= 15 is 0 Å². The molecule has 1 aliphatic rings. The van der Waals surface area contributed by atoms with E-state index < -0.39 is 11.8 Å². The summed E-state index contributed by atoms with van der Waals surface area (Å²) in [5.41, 5.74) is 1.81. The van der Waals surface area contributed by atoms with Crippen LogP contribution in [0.1, 0.15) is 5.56 Å². The maximum atomic E-state index is 12.1. The number of amides is 2. The molecule has 0 aromatic heterocycles. The fraction of sp³-hybridized carbons (Fsp3) is 0.158. The number of aliphatic hydroxyl groups excluding tert-OH is 1. The summed E-state index contributed by atoms with van der Waals surface area (Å²) < 4.78 is 5.70. The molecule has 25 heavy (non-hydrogen) atoms. The van der Waals surface area contributed by atoms with Gasteiger partial charge in [-0.05, 0) is 29.8 Å². The smallest absolute Gasteiger partial charge is 0.277 e. The maximum Gasteiger partial charge on any atom is 0.277 e. The molecule has 0 saturated heterocycles. The number of aliphatic hydroxyl groups is 1. The van der Waals surface area contributed by atoms with Crippen LogP contribution in [-0.2, 0) is 16.2 Å². The SMILES string of the molecule is O=C1C=C(Nc2cccc(COc3ccccc3)c2)C(=O)N1CCO. The van der Waals surface area contributed by atoms with Gasteiger partial charge in [-0.25, -0.2) is 0 Å². The number of hydrogen-bond donors (Lipinski definition) is 2. The molecule has 2 aromatic carbocycles. The first kappa shape index (κ1) is 16.7. The first-order valence-corrected chi connectivity index (χ1v) is 7.89. The Morgan fingerprint density at radius 3 is 2.60 bits per heavy atom. The van der Waals surface area contributed by atoms with Crippen LogP contribution < -0.4 is 10.1 Å². The van der Waals surface area contributed by atoms with Crippen molar-refractivity contribution in [3.05, 3.63) is 71.9 Å². The molecule has 0 radical (unpaired) electrons. The van der Waals surface area contributed by atoms with Crippen molar-refractivity contribution in [2.45, 2.75) is 6.61 Å². The summed E-state index contributed by atoms with van der Waals surface area (Å²) in [6.45, 7) is 0.122. The largest absolute Gasteiger partial charge is 0.489 e. The summed E-state index contributed by atoms with van der Waals surface area (Å²) in [5, 5.41) is 11.9. The van der Waals surface area contributed by atoms with Gasteiger partial charge in [0.2, 0.25) is 0 Å². The van der Waals surface area contributed by atoms with E-state index in [9.17, 15) is 9.59 Å². The van der Waals surface area contributed by atoms with Gasteiger partial charge in [0.1, 0.15) is 18.1 Å². The minimum atomic E-state index is -0.440. The normalized spacial score (nSPS) is 13.8. The minimum absolute atomic E-state index is 0.00962. The van der Waals surface area contributed by atoms with Gasteiger partial charge in [-0.1, -0.05) is 30.3 Å². The standard InChI is InChI=1S/C19H18N2O4/c22-10-9-21-18(23)12-17(19(21)24)20-15-6-4-5-14(11-15)13-25-16-7-2-1-3-8-16/h1-8,11-12,20,22H,9-10,13H2. The van der Waals surface area contributed by atoms with E-state index in [1.165, 1.54) is 6.08 Å². The molecule has 0 bridgehead atoms. The molecule has 0 unspecified atom stereocenters. The van der Waals surface area contributed by atoms with Crippen LogP contribution in [0.2, 0.25) is 0 Å². The second-order valence-corrected chi connectivity index (χ2v) is 5.50. The van der Waals surface area contributed by atoms with E-state index in [4.69, 9.17) is 9.84 Å². The number of benzene rings is 2. The number of nitrogens with one attached hydrogen (secondary N) is 1. The zero-order valence-corrected chi connectivity index (χ0v) is 13.5. The molecule has 0 fully saturated rings. The number of carbonyl (C=O) groups is 2. The molecule has 2 N–H and O–H groups in total. The first-order chi connectivity index (χ1) is 12.2. The number of imide groups is 1. The highest BCUT2D eigenvalue weighted by molar-refractivity contribution is 6.17. The van der Waals surface area contributed by atoms with Crippen LogP contribution in [0.15, 0.2) is 66.4 Å². The fourth-order valence-electron chi connectivity index (χ4n) is 2.49. The van der Waals surface area contributed by atoms with Gasteiger partial charge in [-0.15, -0.1) is 0 Å². The molecule has 1 heterocycles. The van der Waals surface area contributed by atoms with Crippen molar-refractivity contribution in [2.24, 2.45) is 0 Å². The highest BCUT2D eigenvalue weighted by atomic mass is 16.5. The third-order valence-electron chi connectivity index (χ3n) is 3.69. The number of para-hydroxylation sites is 1. The lowest BCUT2D eigenvalue weighted by Crippen LogP contribution is -2.34. The van der Waals surface area contributed by atoms with Crippen molar-refractivity contribution < 1.29 is 19.4 Å². The number of carbonyl (C=O) groups excluding carboxylic acids is 2. The molecule has 0 aliphatic carbocycles. The van der Waals surface area contributed by atoms with E-state index in [2.05, 4.69) is 5.32 Å². The lowest BCUT2D eigenvalue weighted by Gasteiger charge is -2.14. The summed E-state index contributed by atoms with van der Waals surface area (Å²) in [5.74, 6) is -0.0881. The predicted molar refractivity (Wildman–Crippen MR) is 92.7 cm³/mol. The van der Waals surface area contributed by atoms with Crippen LogP contribution in [0.4, 0.5) is 5.69 Å². The van der Waals surface area contributed by atoms with E-state index in [-0.39, 0.29) is 18.8 Å². The first-order valence-electron chi connectivity index (χ1n) is 7.89. The number of anilines is 1. The highest BCUT2D eigenvalue weighted by Crippen LogP contribution is 2.19. The Labute approximate surface area is 145 Å². The van der Waals surface area contributed by atoms with Gasteiger partial charge in [0.15, 0.2) is 0 Å². The average molecular weight is 338 g/mol. The predicted octanol–water partition coefficient (Wildman–Crippen LogP) is 1.92. The number of β-amino-alcohol motifs (C(OH)–C–C–N with tert-alkyl or cyclic N) is 1. The summed E-state index contributed by atoms with van der Waals surface area (Å²) in [6, 6.07) is 16.9. The Hall–Kier alpha value is -3.12. The third kappa shape index (κ3) is 4.05. The Morgan fingerprint density at radius 1 is 1.04 bits per heavy atom. The molecule has 0 spiro atoms. The molecule has 0 saturated carbocycles. The molecule has 3 rings (SSSR count). The monoisotopic (exact) mass is 338 g/mol. The van der Waals surface area contributed by atoms with Gasteiger partial charge in [-0.3, -0.25) is 14.5 Å². The van der Waals surface area contributed by atoms with Gasteiger partial charge >= 0.3 is 0 Å². The zero-order valence-electron chi connectivity index (χ0n) is 13.5. The van der Waals surface area contributed by atoms with Gasteiger partial charge in [0, 0.05) is 11.8 Å². The summed E-state index contributed by atoms with van der Waals surface area (Å²) in [6.07, 6.45) is 1.24. The summed E-state index contributed by atoms with van der Waals surface area (Å²) >= 11 is 0. The van der Waals surface area contributed by atoms with E-state index in [1.54, 1.807) is 6.07 Å². The van der Waals surface area contributed by atoms with Gasteiger partial charge in [0.05, 0.1) is 13.2 Å². The van der Waals surface area contributed by atoms with Crippen molar-refractivity contribution in [3.63, 3.8) is 0 Å². The Morgan fingerprint density at radius 2 is 1.84 bits per heavy atom. The fourth-order valence-corrected chi connectivity index (χ4v) is 2.49. The second kappa shape index (κ2) is 7.63. The van der Waals surface area contributed by atoms with Crippen LogP contribution in [0.5, 0.6) is 5.75 Å². The molecular formula is C19H18N2O4. The van der Waals surface area contributed by atoms with Crippen LogP contribution in [0.3, 0.4) is 0 Å². The molecule has 6 nitrogen and oxygen atoms in total. The summed E-state index contributed by atoms with van der Waals surface area (Å²) in [7, 11) is 0. The highest BCUT2D eigenvalue weighted by Gasteiger charge is 2.30. The number of hydrogen-bond acceptors (Lipinski definition) is 5. The van der Waals surface area contributed by atoms with Crippen molar-refractivity contribution in [1.82, 2.24) is 4.90 Å². The van der Waals surface area contributed by atoms with Crippen molar-refractivity contribution in [1.29, 1.82) is 0 Å². The maximum absolute atomic E-state index is 12.1. The quantitative estimate of drug-likeness (QED) is 0.754. The van der Waals surface area contributed by atoms with Crippen molar-refractivity contribution >= 4 is 17.5 Å². The van der Waals surface area contributed by atoms with Crippen LogP contribution in [0.25, 0.3) is 0 Å². The molecule has 2 aromatic rings. The van der Waals surface area contributed by atoms with Crippen LogP contribution in [0, 0.1) is 0 Å². The lowest BCUT2D eigenvalue weighted by molar-refractivity contribution is -0.137. The topological polar surface area (TPSA) is 78.9 Å². The third-order valence-corrected chi connectivity index (χ3v) is 3.69. The van der Waals surface area contributed by atoms with Crippen LogP contribution in [-0.4, -0.2) is 35.0 Å². The molecule has 2 amide bonds. The van der Waals surface area contributed by atoms with E-state index in [0.29, 0.717) is 12.3 Å². The second-order valence-electron chi connectivity index (χ2n) is 5.50. The lowest BCUT2D eigenvalue weighted by atomic mass is 10.2. The minimum Gasteiger partial charge on any atom is -0.489 e. The molecule has 128 valence electrons. The zero-order chi connectivity index (χ0) is 17.6. The summed E-state index contributed by atoms with van der Waals surface area (Å²) in [4.78, 5) is 24.9. The Bertz CT molecular complexity index is 802. The van der Waals surface area contributed by atoms with E-state index in [0.717, 1.165) is 16.2 Å². The molecule has 1 aliphatic heterocycles. The molecule has 0 atom stereocenters. The number of ether oxygens (including phenoxy) is 1. The van der Waals surface area contributed by atoms with Gasteiger partial charge < -0.3 is 15.2 Å². The van der Waals surface area contributed by atoms with E-state index in [1.807, 2.05) is 48.5 Å². The van der Waals surface area contributed by atoms with Crippen LogP contribution >= 0.6 is 0 Å². The Balaban J connectivity index is 1.65. The Kier molecular flexibility index (Phi) is 5.11. The number of rotatable bonds is 7. The van der Waals surface area contributed by atoms with Gasteiger partial charge in [-0.2, -0.15) is 0 Å². The molecular weight excluding hydrogens is 320 g/mol. The van der Waals surface area contributed by atoms with Crippen molar-refractivity contribution in [3.8, 4) is 5.75 Å². The molecule has 6 heteroatoms. The van der Waals surface area contributed by atoms with Crippen molar-refractivity contribution in [2.75, 3.05) is 18.5 Å².